The van der Waals surface area contributed by atoms with Gasteiger partial charge in [0.15, 0.2) is 0 Å². The van der Waals surface area contributed by atoms with Gasteiger partial charge < -0.3 is 0 Å². The van der Waals surface area contributed by atoms with Crippen LogP contribution in [0.5, 0.6) is 0 Å². The van der Waals surface area contributed by atoms with Crippen molar-refractivity contribution in [3.8, 4) is 11.3 Å². The van der Waals surface area contributed by atoms with Gasteiger partial charge in [-0.1, -0.05) is 30.3 Å². The summed E-state index contributed by atoms with van der Waals surface area (Å²) in [5.74, 6) is 0. The molecule has 0 radical (unpaired) electrons. The maximum Gasteiger partial charge on any atom is 0.266 e. The Kier molecular flexibility index (Phi) is 6.46. The second kappa shape index (κ2) is 9.20. The van der Waals surface area contributed by atoms with Crippen molar-refractivity contribution in [3.05, 3.63) is 88.3 Å². The van der Waals surface area contributed by atoms with Crippen molar-refractivity contribution >= 4 is 16.1 Å². The molecular formula is C20H20N4O3S. The van der Waals surface area contributed by atoms with E-state index in [1.54, 1.807) is 18.5 Å². The number of nitrogens with zero attached hydrogens (tertiary/aromatic N) is 3. The zero-order chi connectivity index (χ0) is 19.8. The van der Waals surface area contributed by atoms with Gasteiger partial charge in [0, 0.05) is 42.5 Å². The molecule has 2 heterocycles. The topological polar surface area (TPSA) is 93.9 Å². The maximum absolute atomic E-state index is 12.0. The molecule has 0 aliphatic carbocycles. The predicted molar refractivity (Wildman–Crippen MR) is 109 cm³/mol. The summed E-state index contributed by atoms with van der Waals surface area (Å²) in [7, 11) is -3.54. The van der Waals surface area contributed by atoms with Crippen LogP contribution in [-0.2, 0) is 16.6 Å². The zero-order valence-corrected chi connectivity index (χ0v) is 15.9. The lowest BCUT2D eigenvalue weighted by atomic mass is 10.2. The van der Waals surface area contributed by atoms with Crippen molar-refractivity contribution in [2.75, 3.05) is 6.54 Å². The lowest BCUT2D eigenvalue weighted by Gasteiger charge is -2.07. The summed E-state index contributed by atoms with van der Waals surface area (Å²) in [4.78, 5) is 16.0. The molecule has 28 heavy (non-hydrogen) atoms. The minimum absolute atomic E-state index is 0.203. The van der Waals surface area contributed by atoms with E-state index in [0.29, 0.717) is 18.7 Å². The standard InChI is InChI=1S/C20H20N4O3S/c25-20-8-7-19(18-9-13-21-14-10-18)23-24(20)15-4-12-22-28(26,27)16-11-17-5-2-1-3-6-17/h1-3,5-11,13-14,16,22H,4,12,15H2/b16-11+. The molecule has 1 aromatic carbocycles. The van der Waals surface area contributed by atoms with Crippen LogP contribution in [0.4, 0.5) is 0 Å². The average molecular weight is 396 g/mol. The van der Waals surface area contributed by atoms with E-state index in [0.717, 1.165) is 16.5 Å². The summed E-state index contributed by atoms with van der Waals surface area (Å²) < 4.78 is 27.9. The number of pyridine rings is 1. The smallest absolute Gasteiger partial charge is 0.266 e. The van der Waals surface area contributed by atoms with Crippen molar-refractivity contribution in [2.24, 2.45) is 0 Å². The lowest BCUT2D eigenvalue weighted by molar-refractivity contribution is 0.539. The Morgan fingerprint density at radius 1 is 1.00 bits per heavy atom. The normalized spacial score (nSPS) is 11.7. The van der Waals surface area contributed by atoms with Gasteiger partial charge in [-0.2, -0.15) is 5.10 Å². The monoisotopic (exact) mass is 396 g/mol. The highest BCUT2D eigenvalue weighted by Gasteiger charge is 2.06. The van der Waals surface area contributed by atoms with Crippen LogP contribution in [0, 0.1) is 0 Å². The Balaban J connectivity index is 1.56. The number of benzene rings is 1. The Hall–Kier alpha value is -3.10. The number of sulfonamides is 1. The number of hydrogen-bond acceptors (Lipinski definition) is 5. The summed E-state index contributed by atoms with van der Waals surface area (Å²) in [6.07, 6.45) is 5.28. The Morgan fingerprint density at radius 2 is 1.75 bits per heavy atom. The van der Waals surface area contributed by atoms with Gasteiger partial charge in [-0.05, 0) is 36.3 Å². The molecule has 0 aliphatic heterocycles. The molecule has 144 valence electrons. The van der Waals surface area contributed by atoms with Gasteiger partial charge >= 0.3 is 0 Å². The Morgan fingerprint density at radius 3 is 2.50 bits per heavy atom. The molecule has 3 aromatic rings. The number of aryl methyl sites for hydroxylation is 1. The number of hydrogen-bond donors (Lipinski definition) is 1. The average Bonchev–Trinajstić information content (AvgIpc) is 2.72. The van der Waals surface area contributed by atoms with Crippen LogP contribution in [0.1, 0.15) is 12.0 Å². The third-order valence-electron chi connectivity index (χ3n) is 3.93. The molecule has 0 saturated heterocycles. The van der Waals surface area contributed by atoms with E-state index in [9.17, 15) is 13.2 Å². The highest BCUT2D eigenvalue weighted by Crippen LogP contribution is 2.13. The summed E-state index contributed by atoms with van der Waals surface area (Å²) in [5.41, 5.74) is 2.09. The van der Waals surface area contributed by atoms with Crippen molar-refractivity contribution in [3.63, 3.8) is 0 Å². The predicted octanol–water partition coefficient (Wildman–Crippen LogP) is 2.29. The van der Waals surface area contributed by atoms with Gasteiger partial charge in [0.1, 0.15) is 0 Å². The van der Waals surface area contributed by atoms with Crippen LogP contribution in [0.25, 0.3) is 17.3 Å². The van der Waals surface area contributed by atoms with Gasteiger partial charge in [-0.25, -0.2) is 17.8 Å². The third-order valence-corrected chi connectivity index (χ3v) is 5.03. The summed E-state index contributed by atoms with van der Waals surface area (Å²) >= 11 is 0. The van der Waals surface area contributed by atoms with Crippen molar-refractivity contribution < 1.29 is 8.42 Å². The van der Waals surface area contributed by atoms with Crippen molar-refractivity contribution in [1.82, 2.24) is 19.5 Å². The first-order valence-electron chi connectivity index (χ1n) is 8.75. The first kappa shape index (κ1) is 19.7. The van der Waals surface area contributed by atoms with Gasteiger partial charge in [0.25, 0.3) is 5.56 Å². The summed E-state index contributed by atoms with van der Waals surface area (Å²) in [6, 6.07) is 15.9. The van der Waals surface area contributed by atoms with Crippen molar-refractivity contribution in [2.45, 2.75) is 13.0 Å². The van der Waals surface area contributed by atoms with E-state index in [4.69, 9.17) is 0 Å². The molecule has 0 saturated carbocycles. The molecule has 0 fully saturated rings. The molecular weight excluding hydrogens is 376 g/mol. The van der Waals surface area contributed by atoms with E-state index < -0.39 is 10.0 Å². The van der Waals surface area contributed by atoms with Gasteiger partial charge in [0.05, 0.1) is 5.69 Å². The maximum atomic E-state index is 12.0. The Labute approximate surface area is 163 Å². The molecule has 0 amide bonds. The van der Waals surface area contributed by atoms with E-state index in [2.05, 4.69) is 14.8 Å². The second-order valence-corrected chi connectivity index (χ2v) is 7.67. The van der Waals surface area contributed by atoms with Crippen LogP contribution in [0.15, 0.2) is 77.2 Å². The molecule has 1 N–H and O–H groups in total. The van der Waals surface area contributed by atoms with Gasteiger partial charge in [0.2, 0.25) is 10.0 Å². The fourth-order valence-electron chi connectivity index (χ4n) is 2.51. The third kappa shape index (κ3) is 5.70. The number of aromatic nitrogens is 3. The highest BCUT2D eigenvalue weighted by molar-refractivity contribution is 7.92. The Bertz CT molecular complexity index is 1100. The lowest BCUT2D eigenvalue weighted by Crippen LogP contribution is -2.27. The molecule has 0 aliphatic rings. The van der Waals surface area contributed by atoms with E-state index in [1.165, 1.54) is 16.8 Å². The molecule has 0 bridgehead atoms. The van der Waals surface area contributed by atoms with Crippen LogP contribution in [0.3, 0.4) is 0 Å². The summed E-state index contributed by atoms with van der Waals surface area (Å²) in [6.45, 7) is 0.512. The molecule has 7 nitrogen and oxygen atoms in total. The van der Waals surface area contributed by atoms with E-state index in [1.807, 2.05) is 42.5 Å². The molecule has 0 atom stereocenters. The SMILES string of the molecule is O=c1ccc(-c2ccncc2)nn1CCCNS(=O)(=O)/C=C/c1ccccc1. The molecule has 0 unspecified atom stereocenters. The zero-order valence-electron chi connectivity index (χ0n) is 15.1. The fourth-order valence-corrected chi connectivity index (χ4v) is 3.37. The number of nitrogens with one attached hydrogen (secondary N) is 1. The quantitative estimate of drug-likeness (QED) is 0.590. The van der Waals surface area contributed by atoms with E-state index >= 15 is 0 Å². The van der Waals surface area contributed by atoms with Crippen LogP contribution >= 0.6 is 0 Å². The number of rotatable bonds is 8. The van der Waals surface area contributed by atoms with Crippen molar-refractivity contribution in [1.29, 1.82) is 0 Å². The summed E-state index contributed by atoms with van der Waals surface area (Å²) in [5, 5.41) is 5.47. The first-order valence-corrected chi connectivity index (χ1v) is 10.3. The molecule has 2 aromatic heterocycles. The molecule has 0 spiro atoms. The minimum Gasteiger partial charge on any atom is -0.268 e. The first-order chi connectivity index (χ1) is 13.5. The van der Waals surface area contributed by atoms with Gasteiger partial charge in [-0.3, -0.25) is 9.78 Å². The van der Waals surface area contributed by atoms with E-state index in [-0.39, 0.29) is 12.1 Å². The second-order valence-electron chi connectivity index (χ2n) is 6.02. The molecule has 8 heteroatoms. The minimum atomic E-state index is -3.54. The van der Waals surface area contributed by atoms with Crippen LogP contribution in [0.2, 0.25) is 0 Å². The largest absolute Gasteiger partial charge is 0.268 e. The van der Waals surface area contributed by atoms with Gasteiger partial charge in [-0.15, -0.1) is 0 Å². The molecule has 3 rings (SSSR count). The fraction of sp³-hybridized carbons (Fsp3) is 0.150. The van der Waals surface area contributed by atoms with Crippen LogP contribution < -0.4 is 10.3 Å². The highest BCUT2D eigenvalue weighted by atomic mass is 32.2. The van der Waals surface area contributed by atoms with Crippen LogP contribution in [-0.4, -0.2) is 29.7 Å².